The number of carbonyl (C=O) groups is 1. The summed E-state index contributed by atoms with van der Waals surface area (Å²) in [6.45, 7) is 3.56. The second-order valence-electron chi connectivity index (χ2n) is 5.80. The van der Waals surface area contributed by atoms with E-state index >= 15 is 0 Å². The molecule has 1 aliphatic heterocycles. The first kappa shape index (κ1) is 16.2. The molecule has 0 aliphatic carbocycles. The molecule has 1 atom stereocenters. The van der Waals surface area contributed by atoms with E-state index in [1.165, 1.54) is 18.2 Å². The Morgan fingerprint density at radius 2 is 2.24 bits per heavy atom. The van der Waals surface area contributed by atoms with Crippen molar-refractivity contribution in [1.82, 2.24) is 4.90 Å². The van der Waals surface area contributed by atoms with Crippen LogP contribution in [0.15, 0.2) is 18.2 Å². The molecule has 6 heteroatoms. The summed E-state index contributed by atoms with van der Waals surface area (Å²) in [5.41, 5.74) is -0.163. The van der Waals surface area contributed by atoms with E-state index in [-0.39, 0.29) is 17.5 Å². The van der Waals surface area contributed by atoms with Gasteiger partial charge in [-0.2, -0.15) is 0 Å². The number of halogens is 2. The van der Waals surface area contributed by atoms with Gasteiger partial charge in [-0.1, -0.05) is 11.6 Å². The van der Waals surface area contributed by atoms with Crippen molar-refractivity contribution in [2.24, 2.45) is 0 Å². The van der Waals surface area contributed by atoms with Crippen LogP contribution in [0.2, 0.25) is 5.02 Å². The SMILES string of the molecule is CC1(O)CCCN(CC(=O)Nc2ccc(F)c(Cl)c2)CC1. The molecule has 4 nitrogen and oxygen atoms in total. The van der Waals surface area contributed by atoms with Crippen LogP contribution in [0, 0.1) is 5.82 Å². The molecule has 0 bridgehead atoms. The number of aliphatic hydroxyl groups is 1. The smallest absolute Gasteiger partial charge is 0.238 e. The lowest BCUT2D eigenvalue weighted by molar-refractivity contribution is -0.117. The second kappa shape index (κ2) is 6.73. The third-order valence-corrected chi connectivity index (χ3v) is 4.02. The molecule has 1 aliphatic rings. The molecular weight excluding hydrogens is 295 g/mol. The van der Waals surface area contributed by atoms with Gasteiger partial charge in [-0.25, -0.2) is 4.39 Å². The van der Waals surface area contributed by atoms with Gasteiger partial charge in [-0.3, -0.25) is 9.69 Å². The maximum absolute atomic E-state index is 13.1. The van der Waals surface area contributed by atoms with Crippen molar-refractivity contribution >= 4 is 23.2 Å². The predicted molar refractivity (Wildman–Crippen MR) is 81.0 cm³/mol. The van der Waals surface area contributed by atoms with Gasteiger partial charge in [0.1, 0.15) is 5.82 Å². The van der Waals surface area contributed by atoms with Gasteiger partial charge < -0.3 is 10.4 Å². The first-order chi connectivity index (χ1) is 9.85. The Balaban J connectivity index is 1.88. The number of benzene rings is 1. The number of nitrogens with zero attached hydrogens (tertiary/aromatic N) is 1. The van der Waals surface area contributed by atoms with Crippen molar-refractivity contribution in [3.8, 4) is 0 Å². The molecule has 1 heterocycles. The second-order valence-corrected chi connectivity index (χ2v) is 6.21. The van der Waals surface area contributed by atoms with Gasteiger partial charge in [-0.05, 0) is 50.9 Å². The fraction of sp³-hybridized carbons (Fsp3) is 0.533. The van der Waals surface area contributed by atoms with Crippen molar-refractivity contribution < 1.29 is 14.3 Å². The van der Waals surface area contributed by atoms with Crippen molar-refractivity contribution in [2.45, 2.75) is 31.8 Å². The van der Waals surface area contributed by atoms with Crippen molar-refractivity contribution in [2.75, 3.05) is 25.0 Å². The summed E-state index contributed by atoms with van der Waals surface area (Å²) in [6, 6.07) is 4.09. The summed E-state index contributed by atoms with van der Waals surface area (Å²) < 4.78 is 13.1. The standard InChI is InChI=1S/C15H20ClFN2O2/c1-15(21)5-2-7-19(8-6-15)10-14(20)18-11-3-4-13(17)12(16)9-11/h3-4,9,21H,2,5-8,10H2,1H3,(H,18,20). The summed E-state index contributed by atoms with van der Waals surface area (Å²) >= 11 is 5.68. The maximum Gasteiger partial charge on any atom is 0.238 e. The molecule has 0 saturated carbocycles. The van der Waals surface area contributed by atoms with Gasteiger partial charge in [0.2, 0.25) is 5.91 Å². The van der Waals surface area contributed by atoms with E-state index in [1.807, 2.05) is 11.8 Å². The Bertz CT molecular complexity index is 522. The van der Waals surface area contributed by atoms with E-state index in [9.17, 15) is 14.3 Å². The highest BCUT2D eigenvalue weighted by Crippen LogP contribution is 2.22. The van der Waals surface area contributed by atoms with Crippen molar-refractivity contribution in [3.05, 3.63) is 29.0 Å². The molecule has 2 rings (SSSR count). The minimum atomic E-state index is -0.643. The molecule has 0 spiro atoms. The van der Waals surface area contributed by atoms with E-state index in [0.717, 1.165) is 19.4 Å². The quantitative estimate of drug-likeness (QED) is 0.902. The summed E-state index contributed by atoms with van der Waals surface area (Å²) in [5.74, 6) is -0.677. The summed E-state index contributed by atoms with van der Waals surface area (Å²) in [6.07, 6.45) is 2.27. The molecule has 1 unspecified atom stereocenters. The molecule has 21 heavy (non-hydrogen) atoms. The highest BCUT2D eigenvalue weighted by atomic mass is 35.5. The molecule has 0 radical (unpaired) electrons. The maximum atomic E-state index is 13.1. The number of anilines is 1. The molecular formula is C15H20ClFN2O2. The van der Waals surface area contributed by atoms with Crippen LogP contribution in [0.25, 0.3) is 0 Å². The predicted octanol–water partition coefficient (Wildman–Crippen LogP) is 2.65. The van der Waals surface area contributed by atoms with Crippen LogP contribution in [-0.2, 0) is 4.79 Å². The first-order valence-electron chi connectivity index (χ1n) is 7.05. The lowest BCUT2D eigenvalue weighted by Gasteiger charge is -2.22. The third kappa shape index (κ3) is 4.95. The van der Waals surface area contributed by atoms with Crippen molar-refractivity contribution in [3.63, 3.8) is 0 Å². The normalized spacial score (nSPS) is 23.6. The summed E-state index contributed by atoms with van der Waals surface area (Å²) in [5, 5.41) is 12.7. The van der Waals surface area contributed by atoms with E-state index in [1.54, 1.807) is 0 Å². The number of carbonyl (C=O) groups excluding carboxylic acids is 1. The Kier molecular flexibility index (Phi) is 5.19. The number of hydrogen-bond acceptors (Lipinski definition) is 3. The minimum Gasteiger partial charge on any atom is -0.390 e. The van der Waals surface area contributed by atoms with E-state index in [0.29, 0.717) is 18.7 Å². The average Bonchev–Trinajstić information content (AvgIpc) is 2.55. The molecule has 0 aromatic heterocycles. The van der Waals surface area contributed by atoms with E-state index in [2.05, 4.69) is 5.32 Å². The van der Waals surface area contributed by atoms with Crippen LogP contribution < -0.4 is 5.32 Å². The van der Waals surface area contributed by atoms with Crippen LogP contribution in [0.1, 0.15) is 26.2 Å². The summed E-state index contributed by atoms with van der Waals surface area (Å²) in [7, 11) is 0. The first-order valence-corrected chi connectivity index (χ1v) is 7.43. The van der Waals surface area contributed by atoms with Crippen LogP contribution in [0.4, 0.5) is 10.1 Å². The lowest BCUT2D eigenvalue weighted by atomic mass is 9.98. The zero-order chi connectivity index (χ0) is 15.5. The summed E-state index contributed by atoms with van der Waals surface area (Å²) in [4.78, 5) is 14.0. The third-order valence-electron chi connectivity index (χ3n) is 3.73. The van der Waals surface area contributed by atoms with Gasteiger partial charge in [0.15, 0.2) is 0 Å². The van der Waals surface area contributed by atoms with Gasteiger partial charge >= 0.3 is 0 Å². The minimum absolute atomic E-state index is 0.0152. The van der Waals surface area contributed by atoms with Crippen LogP contribution in [0.3, 0.4) is 0 Å². The average molecular weight is 315 g/mol. The molecule has 1 aromatic carbocycles. The van der Waals surface area contributed by atoms with Crippen LogP contribution in [0.5, 0.6) is 0 Å². The number of amides is 1. The lowest BCUT2D eigenvalue weighted by Crippen LogP contribution is -2.35. The molecule has 116 valence electrons. The van der Waals surface area contributed by atoms with E-state index in [4.69, 9.17) is 11.6 Å². The van der Waals surface area contributed by atoms with Gasteiger partial charge in [0, 0.05) is 12.2 Å². The van der Waals surface area contributed by atoms with Crippen LogP contribution in [-0.4, -0.2) is 41.1 Å². The van der Waals surface area contributed by atoms with Crippen molar-refractivity contribution in [1.29, 1.82) is 0 Å². The Labute approximate surface area is 128 Å². The highest BCUT2D eigenvalue weighted by molar-refractivity contribution is 6.31. The monoisotopic (exact) mass is 314 g/mol. The fourth-order valence-electron chi connectivity index (χ4n) is 2.45. The van der Waals surface area contributed by atoms with Gasteiger partial charge in [0.25, 0.3) is 0 Å². The molecule has 1 saturated heterocycles. The largest absolute Gasteiger partial charge is 0.390 e. The molecule has 2 N–H and O–H groups in total. The Morgan fingerprint density at radius 1 is 1.48 bits per heavy atom. The zero-order valence-electron chi connectivity index (χ0n) is 12.0. The number of nitrogens with one attached hydrogen (secondary N) is 1. The fourth-order valence-corrected chi connectivity index (χ4v) is 2.64. The number of hydrogen-bond donors (Lipinski definition) is 2. The molecule has 1 fully saturated rings. The van der Waals surface area contributed by atoms with Gasteiger partial charge in [0.05, 0.1) is 17.2 Å². The number of rotatable bonds is 3. The molecule has 1 aromatic rings. The Hall–Kier alpha value is -1.17. The van der Waals surface area contributed by atoms with Crippen LogP contribution >= 0.6 is 11.6 Å². The zero-order valence-corrected chi connectivity index (χ0v) is 12.8. The topological polar surface area (TPSA) is 52.6 Å². The number of likely N-dealkylation sites (tertiary alicyclic amines) is 1. The highest BCUT2D eigenvalue weighted by Gasteiger charge is 2.25. The van der Waals surface area contributed by atoms with E-state index < -0.39 is 11.4 Å². The Morgan fingerprint density at radius 3 is 2.95 bits per heavy atom. The molecule has 1 amide bonds. The van der Waals surface area contributed by atoms with Gasteiger partial charge in [-0.15, -0.1) is 0 Å².